The van der Waals surface area contributed by atoms with E-state index in [1.165, 1.54) is 0 Å². The van der Waals surface area contributed by atoms with Crippen LogP contribution in [0.3, 0.4) is 0 Å². The summed E-state index contributed by atoms with van der Waals surface area (Å²) in [4.78, 5) is 39.9. The van der Waals surface area contributed by atoms with E-state index in [-0.39, 0.29) is 12.8 Å². The number of urea groups is 1. The van der Waals surface area contributed by atoms with E-state index in [1.54, 1.807) is 12.4 Å². The van der Waals surface area contributed by atoms with Gasteiger partial charge in [0.15, 0.2) is 0 Å². The summed E-state index contributed by atoms with van der Waals surface area (Å²) in [6.45, 7) is 0.307. The fraction of sp³-hybridized carbons (Fsp3) is 0.455. The molecule has 20 heavy (non-hydrogen) atoms. The molecule has 1 atom stereocenters. The van der Waals surface area contributed by atoms with Crippen LogP contribution in [0.5, 0.6) is 0 Å². The van der Waals surface area contributed by atoms with Crippen molar-refractivity contribution in [3.63, 3.8) is 0 Å². The zero-order valence-corrected chi connectivity index (χ0v) is 10.8. The van der Waals surface area contributed by atoms with E-state index < -0.39 is 23.9 Å². The van der Waals surface area contributed by atoms with Crippen LogP contribution < -0.4 is 16.4 Å². The van der Waals surface area contributed by atoms with Crippen molar-refractivity contribution >= 4 is 17.9 Å². The summed E-state index contributed by atoms with van der Waals surface area (Å²) >= 11 is 0. The molecule has 9 nitrogen and oxygen atoms in total. The van der Waals surface area contributed by atoms with E-state index in [9.17, 15) is 14.4 Å². The van der Waals surface area contributed by atoms with E-state index >= 15 is 0 Å². The molecule has 6 N–H and O–H groups in total. The lowest BCUT2D eigenvalue weighted by Gasteiger charge is -2.14. The summed E-state index contributed by atoms with van der Waals surface area (Å²) in [6.07, 6.45) is 3.61. The number of carboxylic acids is 1. The van der Waals surface area contributed by atoms with Gasteiger partial charge in [-0.05, 0) is 6.42 Å². The third-order valence-electron chi connectivity index (χ3n) is 2.49. The highest BCUT2D eigenvalue weighted by atomic mass is 16.4. The minimum Gasteiger partial charge on any atom is -0.480 e. The molecule has 0 aliphatic carbocycles. The maximum atomic E-state index is 11.5. The molecule has 0 aromatic carbocycles. The van der Waals surface area contributed by atoms with Gasteiger partial charge in [-0.1, -0.05) is 0 Å². The van der Waals surface area contributed by atoms with Gasteiger partial charge in [0.25, 0.3) is 0 Å². The molecule has 0 saturated carbocycles. The molecule has 0 spiro atoms. The van der Waals surface area contributed by atoms with Gasteiger partial charge in [0.2, 0.25) is 5.91 Å². The molecule has 0 radical (unpaired) electrons. The Morgan fingerprint density at radius 2 is 2.20 bits per heavy atom. The zero-order chi connectivity index (χ0) is 15.0. The molecular formula is C11H17N5O4. The number of primary amides is 1. The van der Waals surface area contributed by atoms with Gasteiger partial charge in [0.05, 0.1) is 0 Å². The van der Waals surface area contributed by atoms with E-state index in [0.717, 1.165) is 0 Å². The highest BCUT2D eigenvalue weighted by Gasteiger charge is 2.20. The van der Waals surface area contributed by atoms with Crippen LogP contribution in [0, 0.1) is 0 Å². The Bertz CT molecular complexity index is 459. The number of imidazole rings is 1. The highest BCUT2D eigenvalue weighted by molar-refractivity contribution is 5.83. The molecule has 3 amide bonds. The number of carbonyl (C=O) groups is 3. The Morgan fingerprint density at radius 1 is 1.45 bits per heavy atom. The molecular weight excluding hydrogens is 266 g/mol. The molecule has 0 fully saturated rings. The molecule has 1 aromatic rings. The Labute approximate surface area is 114 Å². The molecule has 0 aliphatic rings. The lowest BCUT2D eigenvalue weighted by Crippen LogP contribution is -2.46. The van der Waals surface area contributed by atoms with Crippen molar-refractivity contribution in [2.45, 2.75) is 25.3 Å². The monoisotopic (exact) mass is 283 g/mol. The normalized spacial score (nSPS) is 11.6. The number of hydrogen-bond donors (Lipinski definition) is 5. The summed E-state index contributed by atoms with van der Waals surface area (Å²) < 4.78 is 0. The number of H-pyrrole nitrogens is 1. The van der Waals surface area contributed by atoms with Crippen LogP contribution in [0.25, 0.3) is 0 Å². The fourth-order valence-electron chi connectivity index (χ4n) is 1.48. The number of hydrogen-bond acceptors (Lipinski definition) is 4. The average molecular weight is 283 g/mol. The molecule has 0 unspecified atom stereocenters. The Morgan fingerprint density at radius 3 is 2.75 bits per heavy atom. The van der Waals surface area contributed by atoms with Gasteiger partial charge in [0.1, 0.15) is 11.9 Å². The third kappa shape index (κ3) is 5.85. The summed E-state index contributed by atoms with van der Waals surface area (Å²) in [5.41, 5.74) is 4.94. The van der Waals surface area contributed by atoms with Gasteiger partial charge < -0.3 is 26.5 Å². The van der Waals surface area contributed by atoms with E-state index in [0.29, 0.717) is 18.8 Å². The minimum absolute atomic E-state index is 0.0454. The van der Waals surface area contributed by atoms with Crippen molar-refractivity contribution in [1.82, 2.24) is 20.6 Å². The van der Waals surface area contributed by atoms with Crippen molar-refractivity contribution in [3.8, 4) is 0 Å². The van der Waals surface area contributed by atoms with Crippen LogP contribution in [-0.2, 0) is 16.0 Å². The Kier molecular flexibility index (Phi) is 6.01. The van der Waals surface area contributed by atoms with Crippen LogP contribution in [-0.4, -0.2) is 45.6 Å². The van der Waals surface area contributed by atoms with Crippen molar-refractivity contribution in [2.75, 3.05) is 6.54 Å². The number of carboxylic acid groups (broad SMARTS) is 1. The first-order valence-corrected chi connectivity index (χ1v) is 6.02. The second-order valence-electron chi connectivity index (χ2n) is 4.08. The maximum absolute atomic E-state index is 11.5. The summed E-state index contributed by atoms with van der Waals surface area (Å²) in [5.74, 6) is -1.11. The zero-order valence-electron chi connectivity index (χ0n) is 10.8. The second-order valence-corrected chi connectivity index (χ2v) is 4.08. The van der Waals surface area contributed by atoms with Gasteiger partial charge in [-0.25, -0.2) is 14.6 Å². The molecule has 0 saturated heterocycles. The number of amides is 3. The predicted molar refractivity (Wildman–Crippen MR) is 68.7 cm³/mol. The van der Waals surface area contributed by atoms with Crippen molar-refractivity contribution in [1.29, 1.82) is 0 Å². The van der Waals surface area contributed by atoms with Gasteiger partial charge in [-0.3, -0.25) is 4.79 Å². The molecule has 0 bridgehead atoms. The molecule has 1 rings (SSSR count). The van der Waals surface area contributed by atoms with Crippen LogP contribution in [0.2, 0.25) is 0 Å². The molecule has 1 heterocycles. The predicted octanol–water partition coefficient (Wildman–Crippen LogP) is -1.03. The highest BCUT2D eigenvalue weighted by Crippen LogP contribution is 1.97. The summed E-state index contributed by atoms with van der Waals surface area (Å²) in [7, 11) is 0. The largest absolute Gasteiger partial charge is 0.480 e. The first-order valence-electron chi connectivity index (χ1n) is 6.02. The van der Waals surface area contributed by atoms with Crippen LogP contribution >= 0.6 is 0 Å². The van der Waals surface area contributed by atoms with E-state index in [2.05, 4.69) is 20.6 Å². The first-order chi connectivity index (χ1) is 9.49. The smallest absolute Gasteiger partial charge is 0.326 e. The topological polar surface area (TPSA) is 150 Å². The summed E-state index contributed by atoms with van der Waals surface area (Å²) in [5, 5.41) is 13.7. The molecule has 1 aromatic heterocycles. The number of carbonyl (C=O) groups excluding carboxylic acids is 2. The molecule has 110 valence electrons. The number of aliphatic carboxylic acids is 1. The second kappa shape index (κ2) is 7.77. The Hall–Kier alpha value is -2.58. The van der Waals surface area contributed by atoms with Crippen molar-refractivity contribution in [3.05, 3.63) is 18.2 Å². The first kappa shape index (κ1) is 15.5. The quantitative estimate of drug-likeness (QED) is 0.413. The van der Waals surface area contributed by atoms with E-state index in [1.807, 2.05) is 0 Å². The lowest BCUT2D eigenvalue weighted by molar-refractivity contribution is -0.139. The average Bonchev–Trinajstić information content (AvgIpc) is 2.87. The number of nitrogens with two attached hydrogens (primary N) is 1. The molecule has 9 heteroatoms. The van der Waals surface area contributed by atoms with Crippen molar-refractivity contribution in [2.24, 2.45) is 5.73 Å². The fourth-order valence-corrected chi connectivity index (χ4v) is 1.48. The van der Waals surface area contributed by atoms with Gasteiger partial charge in [-0.15, -0.1) is 0 Å². The third-order valence-corrected chi connectivity index (χ3v) is 2.49. The minimum atomic E-state index is -1.22. The number of aromatic nitrogens is 2. The van der Waals surface area contributed by atoms with Crippen LogP contribution in [0.4, 0.5) is 4.79 Å². The van der Waals surface area contributed by atoms with Gasteiger partial charge >= 0.3 is 12.0 Å². The van der Waals surface area contributed by atoms with Crippen molar-refractivity contribution < 1.29 is 19.5 Å². The molecule has 0 aliphatic heterocycles. The Balaban J connectivity index is 2.30. The van der Waals surface area contributed by atoms with E-state index in [4.69, 9.17) is 10.8 Å². The van der Waals surface area contributed by atoms with Crippen LogP contribution in [0.15, 0.2) is 12.4 Å². The lowest BCUT2D eigenvalue weighted by atomic mass is 10.1. The maximum Gasteiger partial charge on any atom is 0.326 e. The number of rotatable bonds is 8. The van der Waals surface area contributed by atoms with Gasteiger partial charge in [0, 0.05) is 31.8 Å². The number of nitrogens with one attached hydrogen (secondary N) is 3. The SMILES string of the molecule is NC(=O)CC[C@@H](NC(=O)NCCc1ncc[nH]1)C(=O)O. The number of aromatic amines is 1. The number of nitrogens with zero attached hydrogens (tertiary/aromatic N) is 1. The summed E-state index contributed by atoms with van der Waals surface area (Å²) in [6, 6.07) is -1.76. The standard InChI is InChI=1S/C11H17N5O4/c12-8(17)2-1-7(10(18)19)16-11(20)15-4-3-9-13-5-6-14-9/h5-7H,1-4H2,(H2,12,17)(H,13,14)(H,18,19)(H2,15,16,20)/t7-/m1/s1. The van der Waals surface area contributed by atoms with Gasteiger partial charge in [-0.2, -0.15) is 0 Å². The van der Waals surface area contributed by atoms with Crippen LogP contribution in [0.1, 0.15) is 18.7 Å².